The number of carbonyl (C=O) groups excluding carboxylic acids is 3. The third-order valence-corrected chi connectivity index (χ3v) is 2.81. The predicted molar refractivity (Wildman–Crippen MR) is 70.7 cm³/mol. The Bertz CT molecular complexity index is 291. The van der Waals surface area contributed by atoms with Crippen LogP contribution in [0.5, 0.6) is 0 Å². The highest BCUT2D eigenvalue weighted by Gasteiger charge is 2.22. The quantitative estimate of drug-likeness (QED) is 0.341. The lowest BCUT2D eigenvalue weighted by Crippen LogP contribution is -2.50. The van der Waals surface area contributed by atoms with Crippen molar-refractivity contribution in [3.63, 3.8) is 0 Å². The smallest absolute Gasteiger partial charge is 0.302 e. The first-order valence-electron chi connectivity index (χ1n) is 6.49. The number of carbonyl (C=O) groups is 3. The Morgan fingerprint density at radius 2 is 0.950 bits per heavy atom. The van der Waals surface area contributed by atoms with E-state index in [-0.39, 0.29) is 37.7 Å². The van der Waals surface area contributed by atoms with E-state index in [0.29, 0.717) is 24.1 Å². The fourth-order valence-electron chi connectivity index (χ4n) is 1.56. The van der Waals surface area contributed by atoms with Crippen LogP contribution in [0.4, 0.5) is 0 Å². The molecule has 0 unspecified atom stereocenters. The highest BCUT2D eigenvalue weighted by Crippen LogP contribution is 2.03. The number of hydrogen-bond acceptors (Lipinski definition) is 6. The van der Waals surface area contributed by atoms with Crippen LogP contribution in [0.3, 0.4) is 0 Å². The molecule has 0 saturated heterocycles. The predicted octanol–water partition coefficient (Wildman–Crippen LogP) is 0.122. The van der Waals surface area contributed by atoms with E-state index >= 15 is 0 Å². The molecule has 0 aliphatic rings. The van der Waals surface area contributed by atoms with E-state index in [1.165, 1.54) is 20.8 Å². The Morgan fingerprint density at radius 1 is 0.700 bits per heavy atom. The van der Waals surface area contributed by atoms with Crippen LogP contribution < -0.4 is 0 Å². The Kier molecular flexibility index (Phi) is 8.54. The zero-order valence-electron chi connectivity index (χ0n) is 12.6. The second kappa shape index (κ2) is 9.30. The number of likely N-dealkylation sites (N-methyl/N-ethyl adjacent to an activating group) is 1. The molecule has 0 aromatic heterocycles. The summed E-state index contributed by atoms with van der Waals surface area (Å²) < 4.78 is 15.2. The summed E-state index contributed by atoms with van der Waals surface area (Å²) in [6.45, 7) is 6.53. The van der Waals surface area contributed by atoms with E-state index < -0.39 is 0 Å². The van der Waals surface area contributed by atoms with E-state index in [1.807, 2.05) is 7.05 Å². The number of nitrogens with zero attached hydrogens (tertiary/aromatic N) is 1. The Labute approximate surface area is 119 Å². The summed E-state index contributed by atoms with van der Waals surface area (Å²) in [4.78, 5) is 32.3. The fraction of sp³-hybridized carbons (Fsp3) is 0.769. The zero-order valence-corrected chi connectivity index (χ0v) is 12.6. The van der Waals surface area contributed by atoms with Gasteiger partial charge in [0.2, 0.25) is 0 Å². The minimum Gasteiger partial charge on any atom is -0.460 e. The lowest BCUT2D eigenvalue weighted by atomic mass is 10.3. The monoisotopic (exact) mass is 290 g/mol. The molecule has 0 saturated carbocycles. The Balaban J connectivity index is 4.28. The van der Waals surface area contributed by atoms with E-state index in [9.17, 15) is 14.4 Å². The number of rotatable bonds is 9. The number of ether oxygens (including phenoxy) is 3. The van der Waals surface area contributed by atoms with Crippen LogP contribution in [-0.4, -0.2) is 68.9 Å². The first kappa shape index (κ1) is 18.4. The van der Waals surface area contributed by atoms with Gasteiger partial charge >= 0.3 is 17.9 Å². The molecule has 0 radical (unpaired) electrons. The molecule has 0 rings (SSSR count). The highest BCUT2D eigenvalue weighted by molar-refractivity contribution is 5.66. The summed E-state index contributed by atoms with van der Waals surface area (Å²) in [5.41, 5.74) is 0. The molecule has 116 valence electrons. The van der Waals surface area contributed by atoms with E-state index in [1.54, 1.807) is 0 Å². The summed E-state index contributed by atoms with van der Waals surface area (Å²) in [6.07, 6.45) is 0. The summed E-state index contributed by atoms with van der Waals surface area (Å²) in [7, 11) is 1.93. The molecule has 20 heavy (non-hydrogen) atoms. The van der Waals surface area contributed by atoms with Gasteiger partial charge < -0.3 is 18.7 Å². The Hall–Kier alpha value is -1.63. The van der Waals surface area contributed by atoms with Crippen LogP contribution in [0.25, 0.3) is 0 Å². The molecular weight excluding hydrogens is 266 g/mol. The average molecular weight is 290 g/mol. The standard InChI is InChI=1S/C13H24NO6/c1-11(15)18-8-5-14(4,6-9-19-12(2)16)7-10-20-13(3)17/h5-10H2,1-4H3/q+1. The summed E-state index contributed by atoms with van der Waals surface area (Å²) in [5, 5.41) is 0. The molecule has 0 aromatic carbocycles. The van der Waals surface area contributed by atoms with Crippen molar-refractivity contribution in [1.29, 1.82) is 0 Å². The van der Waals surface area contributed by atoms with Gasteiger partial charge in [0.25, 0.3) is 0 Å². The van der Waals surface area contributed by atoms with E-state index in [4.69, 9.17) is 14.2 Å². The maximum absolute atomic E-state index is 10.8. The zero-order chi connectivity index (χ0) is 15.6. The van der Waals surface area contributed by atoms with Crippen LogP contribution in [0, 0.1) is 0 Å². The van der Waals surface area contributed by atoms with Crippen LogP contribution >= 0.6 is 0 Å². The van der Waals surface area contributed by atoms with Gasteiger partial charge in [-0.1, -0.05) is 0 Å². The van der Waals surface area contributed by atoms with Crippen molar-refractivity contribution in [2.75, 3.05) is 46.5 Å². The molecular formula is C13H24NO6+. The topological polar surface area (TPSA) is 78.9 Å². The van der Waals surface area contributed by atoms with Gasteiger partial charge in [0, 0.05) is 20.8 Å². The number of hydrogen-bond donors (Lipinski definition) is 0. The molecule has 0 heterocycles. The third-order valence-electron chi connectivity index (χ3n) is 2.81. The van der Waals surface area contributed by atoms with Gasteiger partial charge in [0.15, 0.2) is 0 Å². The van der Waals surface area contributed by atoms with Crippen molar-refractivity contribution in [2.24, 2.45) is 0 Å². The van der Waals surface area contributed by atoms with Gasteiger partial charge in [-0.3, -0.25) is 14.4 Å². The molecule has 0 spiro atoms. The maximum Gasteiger partial charge on any atom is 0.302 e. The van der Waals surface area contributed by atoms with Crippen LogP contribution in [0.15, 0.2) is 0 Å². The first-order chi connectivity index (χ1) is 9.25. The maximum atomic E-state index is 10.8. The molecule has 0 aliphatic heterocycles. The second-order valence-electron chi connectivity index (χ2n) is 4.81. The minimum absolute atomic E-state index is 0.270. The van der Waals surface area contributed by atoms with Crippen molar-refractivity contribution < 1.29 is 33.1 Å². The van der Waals surface area contributed by atoms with E-state index in [0.717, 1.165) is 0 Å². The van der Waals surface area contributed by atoms with Gasteiger partial charge in [-0.05, 0) is 0 Å². The lowest BCUT2D eigenvalue weighted by Gasteiger charge is -2.33. The molecule has 7 heteroatoms. The van der Waals surface area contributed by atoms with Gasteiger partial charge in [0.05, 0.1) is 7.05 Å². The van der Waals surface area contributed by atoms with Gasteiger partial charge in [-0.2, -0.15) is 0 Å². The highest BCUT2D eigenvalue weighted by atomic mass is 16.5. The molecule has 0 amide bonds. The SMILES string of the molecule is CC(=O)OCC[N+](C)(CCOC(C)=O)CCOC(C)=O. The first-order valence-corrected chi connectivity index (χ1v) is 6.49. The third kappa shape index (κ3) is 10.3. The summed E-state index contributed by atoms with van der Waals surface area (Å²) >= 11 is 0. The largest absolute Gasteiger partial charge is 0.460 e. The van der Waals surface area contributed by atoms with Gasteiger partial charge in [-0.25, -0.2) is 0 Å². The second-order valence-corrected chi connectivity index (χ2v) is 4.81. The minimum atomic E-state index is -0.337. The van der Waals surface area contributed by atoms with Crippen LogP contribution in [0.1, 0.15) is 20.8 Å². The molecule has 0 atom stereocenters. The van der Waals surface area contributed by atoms with Crippen molar-refractivity contribution in [3.05, 3.63) is 0 Å². The Morgan fingerprint density at radius 3 is 1.15 bits per heavy atom. The molecule has 7 nitrogen and oxygen atoms in total. The normalized spacial score (nSPS) is 10.8. The molecule has 0 bridgehead atoms. The summed E-state index contributed by atoms with van der Waals surface area (Å²) in [5.74, 6) is -1.01. The lowest BCUT2D eigenvalue weighted by molar-refractivity contribution is -0.910. The van der Waals surface area contributed by atoms with Gasteiger partial charge in [-0.15, -0.1) is 0 Å². The van der Waals surface area contributed by atoms with Gasteiger partial charge in [0.1, 0.15) is 39.5 Å². The van der Waals surface area contributed by atoms with Crippen molar-refractivity contribution in [1.82, 2.24) is 0 Å². The van der Waals surface area contributed by atoms with E-state index in [2.05, 4.69) is 0 Å². The van der Waals surface area contributed by atoms with Crippen LogP contribution in [0.2, 0.25) is 0 Å². The molecule has 0 fully saturated rings. The number of esters is 3. The van der Waals surface area contributed by atoms with Crippen LogP contribution in [-0.2, 0) is 28.6 Å². The molecule has 0 aliphatic carbocycles. The van der Waals surface area contributed by atoms with Crippen molar-refractivity contribution >= 4 is 17.9 Å². The molecule has 0 aromatic rings. The summed E-state index contributed by atoms with van der Waals surface area (Å²) in [6, 6.07) is 0. The van der Waals surface area contributed by atoms with Crippen molar-refractivity contribution in [3.8, 4) is 0 Å². The average Bonchev–Trinajstić information content (AvgIpc) is 2.27. The van der Waals surface area contributed by atoms with Crippen molar-refractivity contribution in [2.45, 2.75) is 20.8 Å². The fourth-order valence-corrected chi connectivity index (χ4v) is 1.56. The molecule has 0 N–H and O–H groups in total. The number of quaternary nitrogens is 1.